The third-order valence-electron chi connectivity index (χ3n) is 4.27. The normalized spacial score (nSPS) is 14.1. The monoisotopic (exact) mass is 453 g/mol. The summed E-state index contributed by atoms with van der Waals surface area (Å²) in [6.45, 7) is 4.70. The number of nitrogens with zero attached hydrogens (tertiary/aromatic N) is 4. The van der Waals surface area contributed by atoms with Crippen LogP contribution in [0.2, 0.25) is 0 Å². The number of hydrogen-bond acceptors (Lipinski definition) is 2. The fraction of sp³-hybridized carbons (Fsp3) is 0.474. The summed E-state index contributed by atoms with van der Waals surface area (Å²) in [6, 6.07) is 10.2. The number of para-hydroxylation sites is 1. The molecule has 1 aliphatic carbocycles. The molecule has 6 heteroatoms. The van der Waals surface area contributed by atoms with Gasteiger partial charge in [0.15, 0.2) is 5.96 Å². The number of aromatic nitrogens is 2. The number of halogens is 1. The van der Waals surface area contributed by atoms with Crippen LogP contribution < -0.4 is 5.32 Å². The van der Waals surface area contributed by atoms with E-state index in [4.69, 9.17) is 4.99 Å². The molecule has 0 saturated heterocycles. The first-order valence-electron chi connectivity index (χ1n) is 8.84. The molecule has 1 heterocycles. The molecule has 25 heavy (non-hydrogen) atoms. The highest BCUT2D eigenvalue weighted by atomic mass is 127. The van der Waals surface area contributed by atoms with E-state index in [2.05, 4.69) is 47.6 Å². The van der Waals surface area contributed by atoms with Gasteiger partial charge in [0.1, 0.15) is 0 Å². The summed E-state index contributed by atoms with van der Waals surface area (Å²) in [5, 5.41) is 7.85. The SMILES string of the molecule is CCNC(=NCCC1CC1)N(C)Cc1cnn(-c2ccccc2)c1.I. The molecule has 0 aliphatic heterocycles. The van der Waals surface area contributed by atoms with Crippen molar-refractivity contribution >= 4 is 29.9 Å². The second-order valence-electron chi connectivity index (χ2n) is 6.45. The van der Waals surface area contributed by atoms with Crippen molar-refractivity contribution in [1.29, 1.82) is 0 Å². The summed E-state index contributed by atoms with van der Waals surface area (Å²) < 4.78 is 1.92. The van der Waals surface area contributed by atoms with E-state index >= 15 is 0 Å². The van der Waals surface area contributed by atoms with E-state index < -0.39 is 0 Å². The topological polar surface area (TPSA) is 45.5 Å². The van der Waals surface area contributed by atoms with E-state index in [1.807, 2.05) is 29.1 Å². The van der Waals surface area contributed by atoms with Gasteiger partial charge in [-0.1, -0.05) is 31.0 Å². The van der Waals surface area contributed by atoms with Crippen LogP contribution in [0, 0.1) is 5.92 Å². The van der Waals surface area contributed by atoms with Gasteiger partial charge >= 0.3 is 0 Å². The molecule has 0 bridgehead atoms. The third kappa shape index (κ3) is 6.02. The molecule has 3 rings (SSSR count). The maximum atomic E-state index is 4.76. The zero-order chi connectivity index (χ0) is 16.8. The highest BCUT2D eigenvalue weighted by molar-refractivity contribution is 14.0. The predicted molar refractivity (Wildman–Crippen MR) is 114 cm³/mol. The molecule has 0 unspecified atom stereocenters. The minimum Gasteiger partial charge on any atom is -0.357 e. The Morgan fingerprint density at radius 2 is 2.08 bits per heavy atom. The molecule has 1 aromatic carbocycles. The van der Waals surface area contributed by atoms with Gasteiger partial charge in [-0.3, -0.25) is 4.99 Å². The predicted octanol–water partition coefficient (Wildman–Crippen LogP) is 3.69. The van der Waals surface area contributed by atoms with Crippen LogP contribution in [0.15, 0.2) is 47.7 Å². The van der Waals surface area contributed by atoms with E-state index in [0.717, 1.165) is 37.2 Å². The van der Waals surface area contributed by atoms with Crippen LogP contribution in [0.3, 0.4) is 0 Å². The van der Waals surface area contributed by atoms with Crippen molar-refractivity contribution in [1.82, 2.24) is 20.0 Å². The zero-order valence-electron chi connectivity index (χ0n) is 15.1. The Hall–Kier alpha value is -1.57. The Bertz CT molecular complexity index is 663. The molecule has 1 aromatic heterocycles. The van der Waals surface area contributed by atoms with Crippen LogP contribution in [-0.2, 0) is 6.54 Å². The maximum absolute atomic E-state index is 4.76. The lowest BCUT2D eigenvalue weighted by Crippen LogP contribution is -2.38. The molecule has 0 spiro atoms. The van der Waals surface area contributed by atoms with E-state index in [9.17, 15) is 0 Å². The average Bonchev–Trinajstić information content (AvgIpc) is 3.31. The number of aliphatic imine (C=N–C) groups is 1. The Labute approximate surface area is 167 Å². The van der Waals surface area contributed by atoms with Crippen LogP contribution in [0.5, 0.6) is 0 Å². The van der Waals surface area contributed by atoms with Gasteiger partial charge in [-0.2, -0.15) is 5.10 Å². The highest BCUT2D eigenvalue weighted by Gasteiger charge is 2.20. The molecule has 1 aliphatic rings. The molecule has 136 valence electrons. The fourth-order valence-electron chi connectivity index (χ4n) is 2.74. The first-order valence-corrected chi connectivity index (χ1v) is 8.84. The van der Waals surface area contributed by atoms with Crippen LogP contribution >= 0.6 is 24.0 Å². The number of nitrogens with one attached hydrogen (secondary N) is 1. The Morgan fingerprint density at radius 3 is 2.76 bits per heavy atom. The fourth-order valence-corrected chi connectivity index (χ4v) is 2.74. The van der Waals surface area contributed by atoms with Crippen molar-refractivity contribution in [3.05, 3.63) is 48.3 Å². The zero-order valence-corrected chi connectivity index (χ0v) is 17.4. The molecule has 5 nitrogen and oxygen atoms in total. The quantitative estimate of drug-likeness (QED) is 0.395. The van der Waals surface area contributed by atoms with E-state index in [1.54, 1.807) is 0 Å². The van der Waals surface area contributed by atoms with Gasteiger partial charge in [0.25, 0.3) is 0 Å². The first-order chi connectivity index (χ1) is 11.8. The second kappa shape index (κ2) is 9.79. The van der Waals surface area contributed by atoms with Crippen molar-refractivity contribution < 1.29 is 0 Å². The maximum Gasteiger partial charge on any atom is 0.193 e. The lowest BCUT2D eigenvalue weighted by molar-refractivity contribution is 0.476. The first kappa shape index (κ1) is 19.8. The molecule has 1 fully saturated rings. The van der Waals surface area contributed by atoms with Gasteiger partial charge in [-0.05, 0) is 31.4 Å². The Morgan fingerprint density at radius 1 is 1.32 bits per heavy atom. The van der Waals surface area contributed by atoms with Crippen molar-refractivity contribution in [3.8, 4) is 5.69 Å². The molecule has 1 saturated carbocycles. The van der Waals surface area contributed by atoms with Gasteiger partial charge < -0.3 is 10.2 Å². The lowest BCUT2D eigenvalue weighted by Gasteiger charge is -2.21. The van der Waals surface area contributed by atoms with Crippen molar-refractivity contribution in [2.45, 2.75) is 32.7 Å². The Balaban J connectivity index is 0.00000225. The smallest absolute Gasteiger partial charge is 0.193 e. The van der Waals surface area contributed by atoms with Crippen LogP contribution in [-0.4, -0.2) is 40.8 Å². The largest absolute Gasteiger partial charge is 0.357 e. The molecular formula is C19H28IN5. The summed E-state index contributed by atoms with van der Waals surface area (Å²) in [5.74, 6) is 1.90. The summed E-state index contributed by atoms with van der Waals surface area (Å²) in [6.07, 6.45) is 8.01. The average molecular weight is 453 g/mol. The highest BCUT2D eigenvalue weighted by Crippen LogP contribution is 2.32. The van der Waals surface area contributed by atoms with Gasteiger partial charge in [-0.25, -0.2) is 4.68 Å². The number of benzene rings is 1. The minimum atomic E-state index is 0. The van der Waals surface area contributed by atoms with E-state index in [1.165, 1.54) is 24.8 Å². The lowest BCUT2D eigenvalue weighted by atomic mass is 10.3. The van der Waals surface area contributed by atoms with Gasteiger partial charge in [-0.15, -0.1) is 24.0 Å². The van der Waals surface area contributed by atoms with Crippen LogP contribution in [0.1, 0.15) is 31.7 Å². The molecule has 1 N–H and O–H groups in total. The van der Waals surface area contributed by atoms with Gasteiger partial charge in [0.2, 0.25) is 0 Å². The molecule has 2 aromatic rings. The molecule has 0 amide bonds. The molecule has 0 atom stereocenters. The standard InChI is InChI=1S/C19H27N5.HI/c1-3-20-19(21-12-11-16-9-10-16)23(2)14-17-13-22-24(15-17)18-7-5-4-6-8-18;/h4-8,13,15-16H,3,9-12,14H2,1-2H3,(H,20,21);1H. The van der Waals surface area contributed by atoms with Gasteiger partial charge in [0, 0.05) is 38.4 Å². The summed E-state index contributed by atoms with van der Waals surface area (Å²) in [7, 11) is 2.08. The Kier molecular flexibility index (Phi) is 7.74. The van der Waals surface area contributed by atoms with Crippen LogP contribution in [0.25, 0.3) is 5.69 Å². The van der Waals surface area contributed by atoms with E-state index in [0.29, 0.717) is 0 Å². The molecule has 0 radical (unpaired) electrons. The second-order valence-corrected chi connectivity index (χ2v) is 6.45. The van der Waals surface area contributed by atoms with Crippen molar-refractivity contribution in [2.75, 3.05) is 20.1 Å². The van der Waals surface area contributed by atoms with Crippen LogP contribution in [0.4, 0.5) is 0 Å². The van der Waals surface area contributed by atoms with Crippen molar-refractivity contribution in [3.63, 3.8) is 0 Å². The summed E-state index contributed by atoms with van der Waals surface area (Å²) >= 11 is 0. The number of hydrogen-bond donors (Lipinski definition) is 1. The molecular weight excluding hydrogens is 425 g/mol. The summed E-state index contributed by atoms with van der Waals surface area (Å²) in [5.41, 5.74) is 2.26. The minimum absolute atomic E-state index is 0. The number of rotatable bonds is 7. The third-order valence-corrected chi connectivity index (χ3v) is 4.27. The van der Waals surface area contributed by atoms with Crippen molar-refractivity contribution in [2.24, 2.45) is 10.9 Å². The summed E-state index contributed by atoms with van der Waals surface area (Å²) in [4.78, 5) is 6.93. The number of guanidine groups is 1. The van der Waals surface area contributed by atoms with Gasteiger partial charge in [0.05, 0.1) is 11.9 Å². The van der Waals surface area contributed by atoms with E-state index in [-0.39, 0.29) is 24.0 Å².